The molecule has 0 aliphatic heterocycles. The number of nitrogens with two attached hydrogens (primary N) is 1. The van der Waals surface area contributed by atoms with Gasteiger partial charge in [0.25, 0.3) is 0 Å². The molecule has 0 rings (SSSR count). The average Bonchev–Trinajstić information content (AvgIpc) is 2.46. The molecule has 0 radical (unpaired) electrons. The highest BCUT2D eigenvalue weighted by Crippen LogP contribution is 1.95. The SMILES string of the molecule is CC(O)C(NC(=O)CNC(=O)CN)C(=O)NC(CO)C(=O)O. The predicted octanol–water partition coefficient (Wildman–Crippen LogP) is -4.51. The van der Waals surface area contributed by atoms with Gasteiger partial charge < -0.3 is 37.0 Å². The molecular formula is C11H20N4O7. The smallest absolute Gasteiger partial charge is 0.328 e. The Bertz CT molecular complexity index is 427. The van der Waals surface area contributed by atoms with Crippen molar-refractivity contribution >= 4 is 23.7 Å². The van der Waals surface area contributed by atoms with E-state index in [1.165, 1.54) is 6.92 Å². The van der Waals surface area contributed by atoms with Gasteiger partial charge in [-0.25, -0.2) is 4.79 Å². The molecule has 22 heavy (non-hydrogen) atoms. The number of aliphatic hydroxyl groups is 2. The van der Waals surface area contributed by atoms with E-state index in [9.17, 15) is 24.3 Å². The first-order chi connectivity index (χ1) is 10.2. The first-order valence-corrected chi connectivity index (χ1v) is 6.31. The number of aliphatic hydroxyl groups excluding tert-OH is 2. The van der Waals surface area contributed by atoms with E-state index in [1.54, 1.807) is 0 Å². The van der Waals surface area contributed by atoms with Gasteiger partial charge in [-0.15, -0.1) is 0 Å². The third-order valence-electron chi connectivity index (χ3n) is 2.51. The molecule has 11 nitrogen and oxygen atoms in total. The van der Waals surface area contributed by atoms with Crippen molar-refractivity contribution in [3.63, 3.8) is 0 Å². The molecule has 3 unspecified atom stereocenters. The highest BCUT2D eigenvalue weighted by molar-refractivity contribution is 5.92. The van der Waals surface area contributed by atoms with Gasteiger partial charge in [-0.05, 0) is 6.92 Å². The summed E-state index contributed by atoms with van der Waals surface area (Å²) >= 11 is 0. The minimum Gasteiger partial charge on any atom is -0.480 e. The van der Waals surface area contributed by atoms with Gasteiger partial charge in [-0.2, -0.15) is 0 Å². The molecule has 0 saturated carbocycles. The van der Waals surface area contributed by atoms with Gasteiger partial charge >= 0.3 is 5.97 Å². The second-order valence-corrected chi connectivity index (χ2v) is 4.35. The van der Waals surface area contributed by atoms with Crippen LogP contribution in [0.15, 0.2) is 0 Å². The van der Waals surface area contributed by atoms with Crippen molar-refractivity contribution in [2.24, 2.45) is 5.73 Å². The molecule has 8 N–H and O–H groups in total. The fraction of sp³-hybridized carbons (Fsp3) is 0.636. The number of hydrogen-bond acceptors (Lipinski definition) is 7. The number of carboxylic acids is 1. The molecule has 0 heterocycles. The zero-order chi connectivity index (χ0) is 17.3. The van der Waals surface area contributed by atoms with Gasteiger partial charge in [0.1, 0.15) is 12.1 Å². The van der Waals surface area contributed by atoms with Crippen molar-refractivity contribution in [2.75, 3.05) is 19.7 Å². The van der Waals surface area contributed by atoms with E-state index in [2.05, 4.69) is 10.6 Å². The summed E-state index contributed by atoms with van der Waals surface area (Å²) in [4.78, 5) is 45.0. The van der Waals surface area contributed by atoms with Crippen molar-refractivity contribution in [3.05, 3.63) is 0 Å². The molecule has 3 atom stereocenters. The second kappa shape index (κ2) is 9.65. The van der Waals surface area contributed by atoms with Crippen LogP contribution in [-0.2, 0) is 19.2 Å². The van der Waals surface area contributed by atoms with Crippen molar-refractivity contribution < 1.29 is 34.5 Å². The lowest BCUT2D eigenvalue weighted by Gasteiger charge is -2.22. The molecule has 0 fully saturated rings. The average molecular weight is 320 g/mol. The van der Waals surface area contributed by atoms with Crippen LogP contribution in [0.5, 0.6) is 0 Å². The fourth-order valence-corrected chi connectivity index (χ4v) is 1.33. The summed E-state index contributed by atoms with van der Waals surface area (Å²) in [5, 5.41) is 33.3. The fourth-order valence-electron chi connectivity index (χ4n) is 1.33. The van der Waals surface area contributed by atoms with Crippen LogP contribution in [0.3, 0.4) is 0 Å². The van der Waals surface area contributed by atoms with Crippen LogP contribution >= 0.6 is 0 Å². The number of aliphatic carboxylic acids is 1. The Kier molecular flexibility index (Phi) is 8.67. The Hall–Kier alpha value is -2.24. The van der Waals surface area contributed by atoms with Crippen LogP contribution in [0.2, 0.25) is 0 Å². The minimum atomic E-state index is -1.57. The third kappa shape index (κ3) is 6.97. The molecule has 0 aromatic rings. The standard InChI is InChI=1S/C11H20N4O7/c1-5(17)9(10(20)14-6(4-16)11(21)22)15-8(19)3-13-7(18)2-12/h5-6,9,16-17H,2-4,12H2,1H3,(H,13,18)(H,14,20)(H,15,19)(H,21,22). The quantitative estimate of drug-likeness (QED) is 0.221. The maximum atomic E-state index is 11.8. The van der Waals surface area contributed by atoms with Crippen LogP contribution in [-0.4, -0.2) is 76.9 Å². The summed E-state index contributed by atoms with van der Waals surface area (Å²) < 4.78 is 0. The van der Waals surface area contributed by atoms with Gasteiger partial charge in [0.05, 0.1) is 25.8 Å². The zero-order valence-electron chi connectivity index (χ0n) is 11.9. The second-order valence-electron chi connectivity index (χ2n) is 4.35. The van der Waals surface area contributed by atoms with Crippen LogP contribution in [0.25, 0.3) is 0 Å². The Labute approximate surface area is 125 Å². The number of amides is 3. The van der Waals surface area contributed by atoms with Crippen molar-refractivity contribution in [1.82, 2.24) is 16.0 Å². The number of carboxylic acid groups (broad SMARTS) is 1. The third-order valence-corrected chi connectivity index (χ3v) is 2.51. The largest absolute Gasteiger partial charge is 0.480 e. The Morgan fingerprint density at radius 2 is 1.73 bits per heavy atom. The molecular weight excluding hydrogens is 300 g/mol. The number of hydrogen-bond donors (Lipinski definition) is 7. The number of rotatable bonds is 9. The Balaban J connectivity index is 4.65. The normalized spacial score (nSPS) is 14.4. The lowest BCUT2D eigenvalue weighted by molar-refractivity contribution is -0.144. The van der Waals surface area contributed by atoms with Crippen LogP contribution < -0.4 is 21.7 Å². The summed E-state index contributed by atoms with van der Waals surface area (Å²) in [7, 11) is 0. The highest BCUT2D eigenvalue weighted by atomic mass is 16.4. The van der Waals surface area contributed by atoms with E-state index in [1.807, 2.05) is 5.32 Å². The first-order valence-electron chi connectivity index (χ1n) is 6.31. The maximum Gasteiger partial charge on any atom is 0.328 e. The van der Waals surface area contributed by atoms with E-state index in [0.29, 0.717) is 0 Å². The molecule has 0 aromatic carbocycles. The topological polar surface area (TPSA) is 191 Å². The minimum absolute atomic E-state index is 0.315. The Morgan fingerprint density at radius 3 is 2.14 bits per heavy atom. The predicted molar refractivity (Wildman–Crippen MR) is 72.3 cm³/mol. The van der Waals surface area contributed by atoms with E-state index >= 15 is 0 Å². The van der Waals surface area contributed by atoms with E-state index in [-0.39, 0.29) is 6.54 Å². The van der Waals surface area contributed by atoms with Crippen LogP contribution in [0.1, 0.15) is 6.92 Å². The zero-order valence-corrected chi connectivity index (χ0v) is 11.9. The lowest BCUT2D eigenvalue weighted by Crippen LogP contribution is -2.57. The number of carbonyl (C=O) groups is 4. The summed E-state index contributed by atoms with van der Waals surface area (Å²) in [5.74, 6) is -3.82. The molecule has 0 aromatic heterocycles. The number of nitrogens with one attached hydrogen (secondary N) is 3. The Morgan fingerprint density at radius 1 is 1.14 bits per heavy atom. The maximum absolute atomic E-state index is 11.8. The van der Waals surface area contributed by atoms with Crippen LogP contribution in [0, 0.1) is 0 Å². The van der Waals surface area contributed by atoms with Gasteiger partial charge in [-0.1, -0.05) is 0 Å². The first kappa shape index (κ1) is 19.8. The molecule has 3 amide bonds. The van der Waals surface area contributed by atoms with Gasteiger partial charge in [0.2, 0.25) is 17.7 Å². The summed E-state index contributed by atoms with van der Waals surface area (Å²) in [6, 6.07) is -3.02. The summed E-state index contributed by atoms with van der Waals surface area (Å²) in [6.45, 7) is -0.425. The van der Waals surface area contributed by atoms with Gasteiger partial charge in [0.15, 0.2) is 0 Å². The highest BCUT2D eigenvalue weighted by Gasteiger charge is 2.29. The van der Waals surface area contributed by atoms with Gasteiger partial charge in [0, 0.05) is 0 Å². The molecule has 0 aliphatic carbocycles. The van der Waals surface area contributed by atoms with E-state index in [4.69, 9.17) is 15.9 Å². The summed E-state index contributed by atoms with van der Waals surface area (Å²) in [5.41, 5.74) is 5.03. The lowest BCUT2D eigenvalue weighted by atomic mass is 10.1. The van der Waals surface area contributed by atoms with Crippen LogP contribution in [0.4, 0.5) is 0 Å². The number of carbonyl (C=O) groups excluding carboxylic acids is 3. The molecule has 0 spiro atoms. The molecule has 126 valence electrons. The van der Waals surface area contributed by atoms with Crippen molar-refractivity contribution in [1.29, 1.82) is 0 Å². The van der Waals surface area contributed by atoms with Gasteiger partial charge in [-0.3, -0.25) is 14.4 Å². The van der Waals surface area contributed by atoms with E-state index in [0.717, 1.165) is 0 Å². The monoisotopic (exact) mass is 320 g/mol. The molecule has 0 aliphatic rings. The summed E-state index contributed by atoms with van der Waals surface area (Å²) in [6.07, 6.45) is -1.33. The molecule has 0 bridgehead atoms. The molecule has 0 saturated heterocycles. The van der Waals surface area contributed by atoms with Crippen molar-refractivity contribution in [3.8, 4) is 0 Å². The van der Waals surface area contributed by atoms with E-state index < -0.39 is 55.0 Å². The van der Waals surface area contributed by atoms with Crippen molar-refractivity contribution in [2.45, 2.75) is 25.1 Å². The molecule has 11 heteroatoms.